The van der Waals surface area contributed by atoms with Crippen LogP contribution in [0, 0.1) is 0 Å². The van der Waals surface area contributed by atoms with Crippen molar-refractivity contribution in [3.05, 3.63) is 23.9 Å². The van der Waals surface area contributed by atoms with Gasteiger partial charge in [-0.2, -0.15) is 0 Å². The number of rotatable bonds is 7. The van der Waals surface area contributed by atoms with Crippen LogP contribution in [-0.2, 0) is 11.3 Å². The minimum Gasteiger partial charge on any atom is -0.380 e. The van der Waals surface area contributed by atoms with Crippen LogP contribution in [0.5, 0.6) is 0 Å². The van der Waals surface area contributed by atoms with Crippen LogP contribution in [0.15, 0.2) is 23.3 Å². The van der Waals surface area contributed by atoms with Gasteiger partial charge in [-0.05, 0) is 24.6 Å². The highest BCUT2D eigenvalue weighted by Gasteiger charge is 2.01. The molecule has 0 unspecified atom stereocenters. The summed E-state index contributed by atoms with van der Waals surface area (Å²) in [7, 11) is 5.72. The van der Waals surface area contributed by atoms with Crippen molar-refractivity contribution >= 4 is 11.8 Å². The van der Waals surface area contributed by atoms with E-state index >= 15 is 0 Å². The monoisotopic (exact) mass is 279 g/mol. The first-order valence-corrected chi connectivity index (χ1v) is 6.82. The summed E-state index contributed by atoms with van der Waals surface area (Å²) < 4.78 is 5.27. The van der Waals surface area contributed by atoms with E-state index in [1.807, 2.05) is 38.2 Å². The summed E-state index contributed by atoms with van der Waals surface area (Å²) in [6.45, 7) is 4.85. The fraction of sp³-hybridized carbons (Fsp3) is 0.571. The lowest BCUT2D eigenvalue weighted by molar-refractivity contribution is 0.152. The first-order valence-electron chi connectivity index (χ1n) is 6.82. The molecule has 1 rings (SSSR count). The Balaban J connectivity index is 2.42. The van der Waals surface area contributed by atoms with Gasteiger partial charge in [-0.25, -0.2) is 4.98 Å². The van der Waals surface area contributed by atoms with Gasteiger partial charge in [-0.3, -0.25) is 4.99 Å². The third-order valence-corrected chi connectivity index (χ3v) is 2.69. The first-order chi connectivity index (χ1) is 9.67. The largest absolute Gasteiger partial charge is 0.380 e. The molecule has 0 aliphatic rings. The van der Waals surface area contributed by atoms with E-state index in [-0.39, 0.29) is 0 Å². The fourth-order valence-corrected chi connectivity index (χ4v) is 1.61. The smallest absolute Gasteiger partial charge is 0.191 e. The van der Waals surface area contributed by atoms with E-state index < -0.39 is 0 Å². The van der Waals surface area contributed by atoms with Crippen LogP contribution in [0.3, 0.4) is 0 Å². The molecule has 0 amide bonds. The lowest BCUT2D eigenvalue weighted by Crippen LogP contribution is -2.38. The van der Waals surface area contributed by atoms with Gasteiger partial charge in [0.2, 0.25) is 0 Å². The number of guanidine groups is 1. The Labute approximate surface area is 121 Å². The second-order valence-electron chi connectivity index (χ2n) is 4.47. The van der Waals surface area contributed by atoms with Gasteiger partial charge in [0, 0.05) is 47.0 Å². The van der Waals surface area contributed by atoms with Gasteiger partial charge >= 0.3 is 0 Å². The number of pyridine rings is 1. The van der Waals surface area contributed by atoms with E-state index in [9.17, 15) is 0 Å². The zero-order valence-electron chi connectivity index (χ0n) is 12.8. The SMILES string of the molecule is CCOCCNC(=NC)NCc1ccnc(N(C)C)c1. The van der Waals surface area contributed by atoms with Gasteiger partial charge in [0.1, 0.15) is 5.82 Å². The minimum absolute atomic E-state index is 0.678. The van der Waals surface area contributed by atoms with E-state index in [1.54, 1.807) is 7.05 Å². The van der Waals surface area contributed by atoms with Gasteiger partial charge in [0.05, 0.1) is 6.61 Å². The molecule has 2 N–H and O–H groups in total. The number of ether oxygens (including phenoxy) is 1. The summed E-state index contributed by atoms with van der Waals surface area (Å²) in [6.07, 6.45) is 1.82. The molecule has 0 aromatic carbocycles. The highest BCUT2D eigenvalue weighted by molar-refractivity contribution is 5.79. The quantitative estimate of drug-likeness (QED) is 0.440. The van der Waals surface area contributed by atoms with Crippen LogP contribution in [0.25, 0.3) is 0 Å². The molecule has 0 bridgehead atoms. The lowest BCUT2D eigenvalue weighted by Gasteiger charge is -2.14. The molecule has 1 heterocycles. The number of aromatic nitrogens is 1. The maximum absolute atomic E-state index is 5.27. The predicted octanol–water partition coefficient (Wildman–Crippen LogP) is 0.849. The molecule has 6 nitrogen and oxygen atoms in total. The molecule has 112 valence electrons. The summed E-state index contributed by atoms with van der Waals surface area (Å²) in [4.78, 5) is 10.4. The molecule has 1 aromatic rings. The Morgan fingerprint density at radius 1 is 1.40 bits per heavy atom. The van der Waals surface area contributed by atoms with Gasteiger partial charge in [0.25, 0.3) is 0 Å². The van der Waals surface area contributed by atoms with Gasteiger partial charge < -0.3 is 20.3 Å². The van der Waals surface area contributed by atoms with Crippen molar-refractivity contribution < 1.29 is 4.74 Å². The molecule has 0 aliphatic heterocycles. The van der Waals surface area contributed by atoms with E-state index in [0.717, 1.165) is 30.5 Å². The van der Waals surface area contributed by atoms with Crippen LogP contribution >= 0.6 is 0 Å². The summed E-state index contributed by atoms with van der Waals surface area (Å²) in [5.41, 5.74) is 1.16. The molecule has 20 heavy (non-hydrogen) atoms. The average Bonchev–Trinajstić information content (AvgIpc) is 2.47. The maximum atomic E-state index is 5.27. The van der Waals surface area contributed by atoms with Crippen LogP contribution in [0.2, 0.25) is 0 Å². The van der Waals surface area contributed by atoms with E-state index in [2.05, 4.69) is 26.7 Å². The van der Waals surface area contributed by atoms with Crippen molar-refractivity contribution in [2.75, 3.05) is 45.8 Å². The third-order valence-electron chi connectivity index (χ3n) is 2.69. The molecule has 6 heteroatoms. The van der Waals surface area contributed by atoms with Crippen molar-refractivity contribution in [3.8, 4) is 0 Å². The number of anilines is 1. The minimum atomic E-state index is 0.678. The summed E-state index contributed by atoms with van der Waals surface area (Å²) in [5, 5.41) is 6.47. The maximum Gasteiger partial charge on any atom is 0.191 e. The Morgan fingerprint density at radius 3 is 2.85 bits per heavy atom. The second kappa shape index (κ2) is 9.14. The third kappa shape index (κ3) is 5.88. The highest BCUT2D eigenvalue weighted by Crippen LogP contribution is 2.08. The Hall–Kier alpha value is -1.82. The van der Waals surface area contributed by atoms with Crippen LogP contribution < -0.4 is 15.5 Å². The van der Waals surface area contributed by atoms with Gasteiger partial charge in [0.15, 0.2) is 5.96 Å². The molecule has 0 spiro atoms. The molecule has 1 aromatic heterocycles. The normalized spacial score (nSPS) is 11.3. The lowest BCUT2D eigenvalue weighted by atomic mass is 10.2. The van der Waals surface area contributed by atoms with E-state index in [0.29, 0.717) is 13.2 Å². The first kappa shape index (κ1) is 16.2. The Kier molecular flexibility index (Phi) is 7.42. The second-order valence-corrected chi connectivity index (χ2v) is 4.47. The van der Waals surface area contributed by atoms with Crippen LogP contribution in [-0.4, -0.2) is 51.8 Å². The molecule has 0 radical (unpaired) electrons. The average molecular weight is 279 g/mol. The summed E-state index contributed by atoms with van der Waals surface area (Å²) in [5.74, 6) is 1.72. The molecule has 0 fully saturated rings. The number of hydrogen-bond acceptors (Lipinski definition) is 4. The Morgan fingerprint density at radius 2 is 2.20 bits per heavy atom. The fourth-order valence-electron chi connectivity index (χ4n) is 1.61. The molecular weight excluding hydrogens is 254 g/mol. The number of hydrogen-bond donors (Lipinski definition) is 2. The predicted molar refractivity (Wildman–Crippen MR) is 83.3 cm³/mol. The summed E-state index contributed by atoms with van der Waals surface area (Å²) >= 11 is 0. The standard InChI is InChI=1S/C14H25N5O/c1-5-20-9-8-17-14(15-2)18-11-12-6-7-16-13(10-12)19(3)4/h6-7,10H,5,8-9,11H2,1-4H3,(H2,15,17,18). The summed E-state index contributed by atoms with van der Waals surface area (Å²) in [6, 6.07) is 4.05. The number of aliphatic imine (C=N–C) groups is 1. The molecule has 0 saturated heterocycles. The van der Waals surface area contributed by atoms with E-state index in [1.165, 1.54) is 0 Å². The van der Waals surface area contributed by atoms with Crippen molar-refractivity contribution in [1.82, 2.24) is 15.6 Å². The Bertz CT molecular complexity index is 420. The van der Waals surface area contributed by atoms with Crippen LogP contribution in [0.1, 0.15) is 12.5 Å². The molecule has 0 aliphatic carbocycles. The zero-order chi connectivity index (χ0) is 14.8. The van der Waals surface area contributed by atoms with Gasteiger partial charge in [-0.1, -0.05) is 0 Å². The van der Waals surface area contributed by atoms with Crippen molar-refractivity contribution in [3.63, 3.8) is 0 Å². The number of nitrogens with zero attached hydrogens (tertiary/aromatic N) is 3. The van der Waals surface area contributed by atoms with Crippen LogP contribution in [0.4, 0.5) is 5.82 Å². The number of nitrogens with one attached hydrogen (secondary N) is 2. The van der Waals surface area contributed by atoms with Crippen molar-refractivity contribution in [2.24, 2.45) is 4.99 Å². The van der Waals surface area contributed by atoms with Crippen molar-refractivity contribution in [2.45, 2.75) is 13.5 Å². The van der Waals surface area contributed by atoms with Crippen molar-refractivity contribution in [1.29, 1.82) is 0 Å². The molecule has 0 atom stereocenters. The molecular formula is C14H25N5O. The van der Waals surface area contributed by atoms with E-state index in [4.69, 9.17) is 4.74 Å². The zero-order valence-corrected chi connectivity index (χ0v) is 12.8. The highest BCUT2D eigenvalue weighted by atomic mass is 16.5. The topological polar surface area (TPSA) is 61.8 Å². The van der Waals surface area contributed by atoms with Gasteiger partial charge in [-0.15, -0.1) is 0 Å². The molecule has 0 saturated carbocycles.